The summed E-state index contributed by atoms with van der Waals surface area (Å²) >= 11 is 1.43. The Morgan fingerprint density at radius 3 is 2.39 bits per heavy atom. The summed E-state index contributed by atoms with van der Waals surface area (Å²) in [4.78, 5) is 11.9. The lowest BCUT2D eigenvalue weighted by Gasteiger charge is -2.11. The van der Waals surface area contributed by atoms with E-state index in [2.05, 4.69) is 10.1 Å². The highest BCUT2D eigenvalue weighted by atomic mass is 32.2. The molecule has 0 spiro atoms. The molecule has 152 valence electrons. The van der Waals surface area contributed by atoms with E-state index >= 15 is 0 Å². The first-order valence-electron chi connectivity index (χ1n) is 8.61. The van der Waals surface area contributed by atoms with Crippen LogP contribution in [0.3, 0.4) is 0 Å². The lowest BCUT2D eigenvalue weighted by atomic mass is 10.1. The molecule has 0 aliphatic heterocycles. The third kappa shape index (κ3) is 7.26. The van der Waals surface area contributed by atoms with E-state index in [9.17, 15) is 13.6 Å². The smallest absolute Gasteiger partial charge is 0.387 e. The highest BCUT2D eigenvalue weighted by Crippen LogP contribution is 2.30. The predicted molar refractivity (Wildman–Crippen MR) is 105 cm³/mol. The molecule has 28 heavy (non-hydrogen) atoms. The average Bonchev–Trinajstić information content (AvgIpc) is 2.69. The maximum absolute atomic E-state index is 12.3. The highest BCUT2D eigenvalue weighted by molar-refractivity contribution is 7.99. The molecule has 0 aliphatic carbocycles. The molecule has 1 N–H and O–H groups in total. The van der Waals surface area contributed by atoms with Crippen LogP contribution in [0.15, 0.2) is 42.5 Å². The first kappa shape index (κ1) is 21.8. The summed E-state index contributed by atoms with van der Waals surface area (Å²) in [5.41, 5.74) is 1.97. The van der Waals surface area contributed by atoms with E-state index in [0.29, 0.717) is 18.1 Å². The molecule has 0 saturated carbocycles. The van der Waals surface area contributed by atoms with E-state index in [1.54, 1.807) is 19.2 Å². The van der Waals surface area contributed by atoms with Gasteiger partial charge in [0.2, 0.25) is 5.91 Å². The molecule has 2 rings (SSSR count). The SMILES string of the molecule is COc1ccc(CCNC(=O)CSCc2ccc(OC(F)F)c(OC)c2)cc1. The van der Waals surface area contributed by atoms with Crippen LogP contribution in [0.5, 0.6) is 17.2 Å². The van der Waals surface area contributed by atoms with Gasteiger partial charge in [0.25, 0.3) is 0 Å². The molecule has 5 nitrogen and oxygen atoms in total. The van der Waals surface area contributed by atoms with Gasteiger partial charge in [0.1, 0.15) is 5.75 Å². The minimum atomic E-state index is -2.91. The molecule has 1 amide bonds. The quantitative estimate of drug-likeness (QED) is 0.608. The highest BCUT2D eigenvalue weighted by Gasteiger charge is 2.11. The molecule has 2 aromatic rings. The summed E-state index contributed by atoms with van der Waals surface area (Å²) in [5.74, 6) is 1.83. The standard InChI is InChI=1S/C20H23F2NO4S/c1-25-16-6-3-14(4-7-16)9-10-23-19(24)13-28-12-15-5-8-17(27-20(21)22)18(11-15)26-2/h3-8,11,20H,9-10,12-13H2,1-2H3,(H,23,24). The van der Waals surface area contributed by atoms with Crippen molar-refractivity contribution >= 4 is 17.7 Å². The molecule has 2 aromatic carbocycles. The van der Waals surface area contributed by atoms with Gasteiger partial charge in [-0.15, -0.1) is 11.8 Å². The van der Waals surface area contributed by atoms with E-state index < -0.39 is 6.61 Å². The van der Waals surface area contributed by atoms with Crippen molar-refractivity contribution in [2.24, 2.45) is 0 Å². The number of benzene rings is 2. The molecule has 8 heteroatoms. The van der Waals surface area contributed by atoms with Gasteiger partial charge in [-0.3, -0.25) is 4.79 Å². The fraction of sp³-hybridized carbons (Fsp3) is 0.350. The molecule has 0 radical (unpaired) electrons. The van der Waals surface area contributed by atoms with Crippen LogP contribution >= 0.6 is 11.8 Å². The monoisotopic (exact) mass is 411 g/mol. The summed E-state index contributed by atoms with van der Waals surface area (Å²) in [6.45, 7) is -2.35. The van der Waals surface area contributed by atoms with Crippen molar-refractivity contribution in [2.75, 3.05) is 26.5 Å². The predicted octanol–water partition coefficient (Wildman–Crippen LogP) is 3.90. The van der Waals surface area contributed by atoms with Gasteiger partial charge in [-0.1, -0.05) is 18.2 Å². The van der Waals surface area contributed by atoms with Crippen molar-refractivity contribution in [3.05, 3.63) is 53.6 Å². The van der Waals surface area contributed by atoms with E-state index in [-0.39, 0.29) is 17.4 Å². The second-order valence-electron chi connectivity index (χ2n) is 5.80. The van der Waals surface area contributed by atoms with E-state index in [4.69, 9.17) is 9.47 Å². The third-order valence-electron chi connectivity index (χ3n) is 3.84. The largest absolute Gasteiger partial charge is 0.497 e. The molecular weight excluding hydrogens is 388 g/mol. The van der Waals surface area contributed by atoms with Gasteiger partial charge < -0.3 is 19.5 Å². The molecule has 0 heterocycles. The van der Waals surface area contributed by atoms with Gasteiger partial charge in [-0.2, -0.15) is 8.78 Å². The van der Waals surface area contributed by atoms with Crippen molar-refractivity contribution in [1.29, 1.82) is 0 Å². The van der Waals surface area contributed by atoms with Crippen molar-refractivity contribution in [1.82, 2.24) is 5.32 Å². The summed E-state index contributed by atoms with van der Waals surface area (Å²) in [5, 5.41) is 2.88. The lowest BCUT2D eigenvalue weighted by Crippen LogP contribution is -2.27. The van der Waals surface area contributed by atoms with Gasteiger partial charge in [0, 0.05) is 12.3 Å². The van der Waals surface area contributed by atoms with Crippen molar-refractivity contribution in [3.8, 4) is 17.2 Å². The number of alkyl halides is 2. The van der Waals surface area contributed by atoms with Gasteiger partial charge in [0.05, 0.1) is 20.0 Å². The maximum atomic E-state index is 12.3. The first-order chi connectivity index (χ1) is 13.5. The Bertz CT molecular complexity index is 756. The normalized spacial score (nSPS) is 10.6. The number of methoxy groups -OCH3 is 2. The van der Waals surface area contributed by atoms with E-state index in [1.807, 2.05) is 24.3 Å². The molecule has 0 unspecified atom stereocenters. The fourth-order valence-electron chi connectivity index (χ4n) is 2.45. The number of ether oxygens (including phenoxy) is 3. The number of rotatable bonds is 11. The Hall–Kier alpha value is -2.48. The zero-order chi connectivity index (χ0) is 20.4. The number of carbonyl (C=O) groups is 1. The van der Waals surface area contributed by atoms with Crippen LogP contribution in [-0.4, -0.2) is 39.0 Å². The Balaban J connectivity index is 1.71. The van der Waals surface area contributed by atoms with Crippen LogP contribution < -0.4 is 19.5 Å². The Labute approximate surface area is 167 Å². The Morgan fingerprint density at radius 2 is 1.75 bits per heavy atom. The van der Waals surface area contributed by atoms with Crippen LogP contribution in [0.25, 0.3) is 0 Å². The second-order valence-corrected chi connectivity index (χ2v) is 6.79. The van der Waals surface area contributed by atoms with Gasteiger partial charge in [0.15, 0.2) is 11.5 Å². The molecule has 0 atom stereocenters. The fourth-order valence-corrected chi connectivity index (χ4v) is 3.25. The van der Waals surface area contributed by atoms with E-state index in [0.717, 1.165) is 23.3 Å². The van der Waals surface area contributed by atoms with Crippen molar-refractivity contribution < 1.29 is 27.8 Å². The van der Waals surface area contributed by atoms with Crippen LogP contribution in [0.2, 0.25) is 0 Å². The van der Waals surface area contributed by atoms with Gasteiger partial charge >= 0.3 is 6.61 Å². The van der Waals surface area contributed by atoms with Crippen molar-refractivity contribution in [3.63, 3.8) is 0 Å². The number of amides is 1. The maximum Gasteiger partial charge on any atom is 0.387 e. The zero-order valence-corrected chi connectivity index (χ0v) is 16.6. The zero-order valence-electron chi connectivity index (χ0n) is 15.7. The third-order valence-corrected chi connectivity index (χ3v) is 4.84. The molecule has 0 aliphatic rings. The van der Waals surface area contributed by atoms with Gasteiger partial charge in [-0.05, 0) is 41.8 Å². The number of hydrogen-bond acceptors (Lipinski definition) is 5. The minimum absolute atomic E-state index is 0.0116. The van der Waals surface area contributed by atoms with Crippen LogP contribution in [-0.2, 0) is 17.0 Å². The number of thioether (sulfide) groups is 1. The average molecular weight is 411 g/mol. The Morgan fingerprint density at radius 1 is 1.04 bits per heavy atom. The van der Waals surface area contributed by atoms with Crippen LogP contribution in [0.1, 0.15) is 11.1 Å². The Kier molecular flexibility index (Phi) is 8.87. The summed E-state index contributed by atoms with van der Waals surface area (Å²) in [6, 6.07) is 12.5. The molecule has 0 saturated heterocycles. The first-order valence-corrected chi connectivity index (χ1v) is 9.76. The molecule has 0 aromatic heterocycles. The van der Waals surface area contributed by atoms with Gasteiger partial charge in [-0.25, -0.2) is 0 Å². The second kappa shape index (κ2) is 11.4. The topological polar surface area (TPSA) is 56.8 Å². The number of hydrogen-bond donors (Lipinski definition) is 1. The molecular formula is C20H23F2NO4S. The number of halogens is 2. The van der Waals surface area contributed by atoms with Crippen LogP contribution in [0, 0.1) is 0 Å². The van der Waals surface area contributed by atoms with Crippen molar-refractivity contribution in [2.45, 2.75) is 18.8 Å². The molecule has 0 bridgehead atoms. The summed E-state index contributed by atoms with van der Waals surface area (Å²) < 4.78 is 39.3. The summed E-state index contributed by atoms with van der Waals surface area (Å²) in [6.07, 6.45) is 0.739. The number of nitrogens with one attached hydrogen (secondary N) is 1. The lowest BCUT2D eigenvalue weighted by molar-refractivity contribution is -0.118. The minimum Gasteiger partial charge on any atom is -0.497 e. The van der Waals surface area contributed by atoms with E-state index in [1.165, 1.54) is 24.9 Å². The molecule has 0 fully saturated rings. The number of carbonyl (C=O) groups excluding carboxylic acids is 1. The van der Waals surface area contributed by atoms with Crippen LogP contribution in [0.4, 0.5) is 8.78 Å². The summed E-state index contributed by atoms with van der Waals surface area (Å²) in [7, 11) is 3.01.